The fourth-order valence-electron chi connectivity index (χ4n) is 0.802. The van der Waals surface area contributed by atoms with Crippen molar-refractivity contribution in [2.75, 3.05) is 11.6 Å². The Morgan fingerprint density at radius 1 is 1.57 bits per heavy atom. The van der Waals surface area contributed by atoms with Gasteiger partial charge in [-0.05, 0) is 12.8 Å². The van der Waals surface area contributed by atoms with Crippen molar-refractivity contribution >= 4 is 23.4 Å². The number of halogens is 2. The Labute approximate surface area is 92.3 Å². The zero-order valence-corrected chi connectivity index (χ0v) is 9.70. The summed E-state index contributed by atoms with van der Waals surface area (Å²) < 4.78 is 13.4. The van der Waals surface area contributed by atoms with Crippen LogP contribution in [0, 0.1) is 18.7 Å². The molecule has 0 radical (unpaired) electrons. The van der Waals surface area contributed by atoms with E-state index in [-0.39, 0.29) is 5.82 Å². The molecule has 2 nitrogen and oxygen atoms in total. The molecule has 0 N–H and O–H groups in total. The van der Waals surface area contributed by atoms with E-state index in [1.54, 1.807) is 6.92 Å². The lowest BCUT2D eigenvalue weighted by molar-refractivity contribution is 0.566. The Hall–Kier alpha value is -0.350. The third-order valence-electron chi connectivity index (χ3n) is 1.70. The van der Waals surface area contributed by atoms with Gasteiger partial charge in [0, 0.05) is 11.6 Å². The largest absolute Gasteiger partial charge is 0.239 e. The Morgan fingerprint density at radius 2 is 2.29 bits per heavy atom. The zero-order chi connectivity index (χ0) is 10.6. The summed E-state index contributed by atoms with van der Waals surface area (Å²) in [6.45, 7) is 3.65. The van der Waals surface area contributed by atoms with E-state index in [0.29, 0.717) is 22.5 Å². The predicted octanol–water partition coefficient (Wildman–Crippen LogP) is 2.89. The minimum atomic E-state index is -0.320. The predicted molar refractivity (Wildman–Crippen MR) is 57.3 cm³/mol. The molecule has 0 saturated carbocycles. The highest BCUT2D eigenvalue weighted by atomic mass is 35.5. The molecule has 0 saturated heterocycles. The van der Waals surface area contributed by atoms with E-state index in [1.165, 1.54) is 18.1 Å². The monoisotopic (exact) mass is 234 g/mol. The maximum absolute atomic E-state index is 13.4. The fraction of sp³-hybridized carbons (Fsp3) is 0.556. The second kappa shape index (κ2) is 5.51. The van der Waals surface area contributed by atoms with Crippen LogP contribution in [0.4, 0.5) is 4.39 Å². The molecule has 1 rings (SSSR count). The average Bonchev–Trinajstić information content (AvgIpc) is 2.20. The van der Waals surface area contributed by atoms with E-state index in [0.717, 1.165) is 5.75 Å². The maximum Gasteiger partial charge on any atom is 0.176 e. The Morgan fingerprint density at radius 3 is 2.93 bits per heavy atom. The van der Waals surface area contributed by atoms with Gasteiger partial charge in [-0.1, -0.05) is 6.92 Å². The summed E-state index contributed by atoms with van der Waals surface area (Å²) in [6, 6.07) is 0. The second-order valence-corrected chi connectivity index (χ2v) is 4.47. The molecule has 0 aliphatic rings. The van der Waals surface area contributed by atoms with Crippen LogP contribution in [0.1, 0.15) is 12.6 Å². The summed E-state index contributed by atoms with van der Waals surface area (Å²) in [5, 5.41) is 0.412. The lowest BCUT2D eigenvalue weighted by atomic mass is 10.3. The Kier molecular flexibility index (Phi) is 4.62. The molecular formula is C9H12ClFN2S. The number of thioether (sulfide) groups is 1. The molecule has 0 amide bonds. The van der Waals surface area contributed by atoms with Gasteiger partial charge < -0.3 is 0 Å². The number of hydrogen-bond acceptors (Lipinski definition) is 3. The molecular weight excluding hydrogens is 223 g/mol. The molecule has 0 aliphatic carbocycles. The molecule has 1 aromatic heterocycles. The second-order valence-electron chi connectivity index (χ2n) is 3.15. The molecule has 1 atom stereocenters. The number of aromatic nitrogens is 2. The van der Waals surface area contributed by atoms with Crippen molar-refractivity contribution in [1.29, 1.82) is 0 Å². The summed E-state index contributed by atoms with van der Waals surface area (Å²) in [7, 11) is 0. The van der Waals surface area contributed by atoms with Gasteiger partial charge in [0.25, 0.3) is 0 Å². The highest BCUT2D eigenvalue weighted by Gasteiger charge is 2.09. The Balaban J connectivity index is 2.63. The van der Waals surface area contributed by atoms with Crippen LogP contribution < -0.4 is 0 Å². The molecule has 14 heavy (non-hydrogen) atoms. The smallest absolute Gasteiger partial charge is 0.176 e. The van der Waals surface area contributed by atoms with Gasteiger partial charge in [0.05, 0.1) is 5.69 Å². The molecule has 0 aliphatic heterocycles. The number of aryl methyl sites for hydroxylation is 1. The molecule has 0 bridgehead atoms. The van der Waals surface area contributed by atoms with Crippen LogP contribution in [0.15, 0.2) is 11.4 Å². The fourth-order valence-corrected chi connectivity index (χ4v) is 2.00. The summed E-state index contributed by atoms with van der Waals surface area (Å²) in [5.41, 5.74) is 0.390. The van der Waals surface area contributed by atoms with Gasteiger partial charge >= 0.3 is 0 Å². The van der Waals surface area contributed by atoms with E-state index >= 15 is 0 Å². The molecule has 1 aromatic rings. The first-order valence-electron chi connectivity index (χ1n) is 4.31. The first kappa shape index (κ1) is 11.7. The van der Waals surface area contributed by atoms with Crippen LogP contribution in [0.25, 0.3) is 0 Å². The summed E-state index contributed by atoms with van der Waals surface area (Å²) in [6.07, 6.45) is 1.38. The summed E-state index contributed by atoms with van der Waals surface area (Å²) in [4.78, 5) is 7.64. The number of hydrogen-bond donors (Lipinski definition) is 0. The van der Waals surface area contributed by atoms with Gasteiger partial charge in [0.2, 0.25) is 0 Å². The topological polar surface area (TPSA) is 25.8 Å². The molecule has 1 unspecified atom stereocenters. The highest BCUT2D eigenvalue weighted by Crippen LogP contribution is 2.22. The van der Waals surface area contributed by atoms with Crippen LogP contribution in [-0.4, -0.2) is 21.6 Å². The molecule has 78 valence electrons. The van der Waals surface area contributed by atoms with Crippen LogP contribution in [0.3, 0.4) is 0 Å². The van der Waals surface area contributed by atoms with E-state index in [9.17, 15) is 4.39 Å². The third kappa shape index (κ3) is 3.10. The number of rotatable bonds is 4. The summed E-state index contributed by atoms with van der Waals surface area (Å²) >= 11 is 7.03. The van der Waals surface area contributed by atoms with Crippen molar-refractivity contribution in [2.45, 2.75) is 18.9 Å². The minimum absolute atomic E-state index is 0.320. The van der Waals surface area contributed by atoms with Gasteiger partial charge in [-0.25, -0.2) is 14.4 Å². The quantitative estimate of drug-likeness (QED) is 0.455. The molecule has 0 aromatic carbocycles. The maximum atomic E-state index is 13.4. The van der Waals surface area contributed by atoms with Gasteiger partial charge in [-0.3, -0.25) is 0 Å². The zero-order valence-electron chi connectivity index (χ0n) is 8.13. The van der Waals surface area contributed by atoms with Crippen LogP contribution in [0.5, 0.6) is 0 Å². The molecule has 1 heterocycles. The third-order valence-corrected chi connectivity index (χ3v) is 3.52. The lowest BCUT2D eigenvalue weighted by Gasteiger charge is -2.06. The van der Waals surface area contributed by atoms with Crippen LogP contribution >= 0.6 is 23.4 Å². The first-order chi connectivity index (χ1) is 6.65. The van der Waals surface area contributed by atoms with Crippen LogP contribution in [0.2, 0.25) is 0 Å². The molecule has 0 fully saturated rings. The van der Waals surface area contributed by atoms with Crippen molar-refractivity contribution < 1.29 is 4.39 Å². The molecule has 5 heteroatoms. The van der Waals surface area contributed by atoms with E-state index in [4.69, 9.17) is 11.6 Å². The van der Waals surface area contributed by atoms with E-state index in [2.05, 4.69) is 9.97 Å². The van der Waals surface area contributed by atoms with Gasteiger partial charge in [0.1, 0.15) is 11.4 Å². The average molecular weight is 235 g/mol. The van der Waals surface area contributed by atoms with Gasteiger partial charge in [-0.2, -0.15) is 0 Å². The van der Waals surface area contributed by atoms with E-state index < -0.39 is 0 Å². The van der Waals surface area contributed by atoms with Crippen molar-refractivity contribution in [2.24, 2.45) is 5.92 Å². The van der Waals surface area contributed by atoms with Crippen molar-refractivity contribution in [3.05, 3.63) is 17.8 Å². The lowest BCUT2D eigenvalue weighted by Crippen LogP contribution is -2.01. The highest BCUT2D eigenvalue weighted by molar-refractivity contribution is 7.99. The van der Waals surface area contributed by atoms with E-state index in [1.807, 2.05) is 6.92 Å². The SMILES string of the molecule is Cc1ncnc(SCC(C)CCl)c1F. The normalized spacial score (nSPS) is 12.9. The van der Waals surface area contributed by atoms with Crippen molar-refractivity contribution in [1.82, 2.24) is 9.97 Å². The Bertz CT molecular complexity index is 309. The first-order valence-corrected chi connectivity index (χ1v) is 5.83. The van der Waals surface area contributed by atoms with Crippen molar-refractivity contribution in [3.63, 3.8) is 0 Å². The van der Waals surface area contributed by atoms with Crippen molar-refractivity contribution in [3.8, 4) is 0 Å². The van der Waals surface area contributed by atoms with Crippen LogP contribution in [-0.2, 0) is 0 Å². The number of alkyl halides is 1. The van der Waals surface area contributed by atoms with Gasteiger partial charge in [-0.15, -0.1) is 23.4 Å². The number of nitrogens with zero attached hydrogens (tertiary/aromatic N) is 2. The summed E-state index contributed by atoms with van der Waals surface area (Å²) in [5.74, 6) is 1.39. The minimum Gasteiger partial charge on any atom is -0.239 e. The van der Waals surface area contributed by atoms with Gasteiger partial charge in [0.15, 0.2) is 5.82 Å². The standard InChI is InChI=1S/C9H12ClFN2S/c1-6(3-10)4-14-9-8(11)7(2)12-5-13-9/h5-6H,3-4H2,1-2H3. The molecule has 0 spiro atoms.